The van der Waals surface area contributed by atoms with Crippen LogP contribution in [0, 0.1) is 0 Å². The molecule has 1 heterocycles. The summed E-state index contributed by atoms with van der Waals surface area (Å²) in [5.74, 6) is -0.448. The Morgan fingerprint density at radius 2 is 1.69 bits per heavy atom. The van der Waals surface area contributed by atoms with Crippen molar-refractivity contribution >= 4 is 38.6 Å². The third-order valence-corrected chi connectivity index (χ3v) is 6.01. The number of ketones is 1. The average Bonchev–Trinajstić information content (AvgIpc) is 2.83. The van der Waals surface area contributed by atoms with E-state index in [0.29, 0.717) is 0 Å². The van der Waals surface area contributed by atoms with Gasteiger partial charge in [0.05, 0.1) is 21.1 Å². The minimum Gasteiger partial charge on any atom is -0.478 e. The highest BCUT2D eigenvalue weighted by Crippen LogP contribution is 2.43. The lowest BCUT2D eigenvalue weighted by Gasteiger charge is -2.18. The first-order valence-corrected chi connectivity index (χ1v) is 10.6. The summed E-state index contributed by atoms with van der Waals surface area (Å²) in [4.78, 5) is 12.8. The van der Waals surface area contributed by atoms with Crippen LogP contribution in [0.1, 0.15) is 30.5 Å². The molecule has 0 N–H and O–H groups in total. The molecule has 154 valence electrons. The summed E-state index contributed by atoms with van der Waals surface area (Å²) in [5.41, 5.74) is -1.89. The summed E-state index contributed by atoms with van der Waals surface area (Å²) >= 11 is 6.09. The van der Waals surface area contributed by atoms with Crippen molar-refractivity contribution in [2.45, 2.75) is 30.5 Å². The molecule has 0 aliphatic carbocycles. The third kappa shape index (κ3) is 4.04. The van der Waals surface area contributed by atoms with Gasteiger partial charge in [-0.1, -0.05) is 23.7 Å². The molecule has 0 fully saturated rings. The van der Waals surface area contributed by atoms with Crippen LogP contribution >= 0.6 is 11.6 Å². The topological polar surface area (TPSA) is 60.4 Å². The molecule has 3 rings (SSSR count). The van der Waals surface area contributed by atoms with Crippen molar-refractivity contribution in [3.05, 3.63) is 64.2 Å². The van der Waals surface area contributed by atoms with E-state index in [1.807, 2.05) is 0 Å². The number of ether oxygens (including phenoxy) is 1. The third-order valence-electron chi connectivity index (χ3n) is 4.43. The van der Waals surface area contributed by atoms with Gasteiger partial charge in [-0.2, -0.15) is 13.2 Å². The molecule has 0 atom stereocenters. The Morgan fingerprint density at radius 3 is 2.24 bits per heavy atom. The lowest BCUT2D eigenvalue weighted by atomic mass is 9.92. The van der Waals surface area contributed by atoms with E-state index in [9.17, 15) is 26.4 Å². The monoisotopic (exact) mass is 444 g/mol. The van der Waals surface area contributed by atoms with Crippen molar-refractivity contribution in [2.24, 2.45) is 0 Å². The van der Waals surface area contributed by atoms with Crippen LogP contribution < -0.4 is 0 Å². The lowest BCUT2D eigenvalue weighted by molar-refractivity contribution is -0.137. The Balaban J connectivity index is 2.23. The number of hydrogen-bond acceptors (Lipinski definition) is 4. The second-order valence-corrected chi connectivity index (χ2v) is 9.53. The first kappa shape index (κ1) is 21.4. The van der Waals surface area contributed by atoms with Gasteiger partial charge in [0.1, 0.15) is 5.76 Å². The predicted molar refractivity (Wildman–Crippen MR) is 103 cm³/mol. The summed E-state index contributed by atoms with van der Waals surface area (Å²) in [6, 6.07) is 8.37. The molecule has 9 heteroatoms. The second kappa shape index (κ2) is 6.88. The van der Waals surface area contributed by atoms with Crippen LogP contribution in [0.25, 0.3) is 11.3 Å². The van der Waals surface area contributed by atoms with Gasteiger partial charge in [-0.15, -0.1) is 0 Å². The SMILES string of the molecule is CC1(C)OC(c2ccc(S(C)(=O)=O)c(Cl)c2)=C(c2cccc(C(F)(F)F)c2)C1=O. The zero-order valence-electron chi connectivity index (χ0n) is 15.6. The fraction of sp³-hybridized carbons (Fsp3) is 0.250. The van der Waals surface area contributed by atoms with E-state index < -0.39 is 33.0 Å². The molecule has 0 unspecified atom stereocenters. The molecule has 4 nitrogen and oxygen atoms in total. The van der Waals surface area contributed by atoms with E-state index in [0.717, 1.165) is 18.4 Å². The molecule has 0 bridgehead atoms. The van der Waals surface area contributed by atoms with Gasteiger partial charge in [-0.05, 0) is 49.7 Å². The Morgan fingerprint density at radius 1 is 1.03 bits per heavy atom. The van der Waals surface area contributed by atoms with E-state index in [1.165, 1.54) is 44.2 Å². The van der Waals surface area contributed by atoms with Crippen LogP contribution in [0.3, 0.4) is 0 Å². The van der Waals surface area contributed by atoms with Gasteiger partial charge in [0.2, 0.25) is 5.78 Å². The van der Waals surface area contributed by atoms with Gasteiger partial charge in [0.25, 0.3) is 0 Å². The molecule has 0 amide bonds. The molecule has 0 saturated carbocycles. The summed E-state index contributed by atoms with van der Waals surface area (Å²) in [5, 5.41) is -0.0818. The van der Waals surface area contributed by atoms with Gasteiger partial charge in [-0.3, -0.25) is 4.79 Å². The molecule has 1 aliphatic heterocycles. The maximum Gasteiger partial charge on any atom is 0.416 e. The van der Waals surface area contributed by atoms with Gasteiger partial charge < -0.3 is 4.74 Å². The Labute approximate surface area is 170 Å². The van der Waals surface area contributed by atoms with E-state index in [4.69, 9.17) is 16.3 Å². The molecular weight excluding hydrogens is 429 g/mol. The van der Waals surface area contributed by atoms with Crippen LogP contribution in [0.15, 0.2) is 47.4 Å². The van der Waals surface area contributed by atoms with Gasteiger partial charge in [0, 0.05) is 11.8 Å². The lowest BCUT2D eigenvalue weighted by Crippen LogP contribution is -2.29. The van der Waals surface area contributed by atoms with Crippen LogP contribution in [0.4, 0.5) is 13.2 Å². The zero-order valence-corrected chi connectivity index (χ0v) is 17.2. The number of Topliss-reactive ketones (excluding diaryl/α,β-unsaturated/α-hetero) is 1. The van der Waals surface area contributed by atoms with E-state index >= 15 is 0 Å². The zero-order chi connectivity index (χ0) is 21.8. The minimum atomic E-state index is -4.57. The fourth-order valence-corrected chi connectivity index (χ4v) is 4.35. The van der Waals surface area contributed by atoms with Crippen molar-refractivity contribution in [1.29, 1.82) is 0 Å². The standard InChI is InChI=1S/C20H16ClF3O4S/c1-19(2)18(25)16(11-5-4-6-13(9-11)20(22,23)24)17(28-19)12-7-8-15(14(21)10-12)29(3,26)27/h4-10H,1-3H3. The molecule has 29 heavy (non-hydrogen) atoms. The first-order chi connectivity index (χ1) is 13.2. The highest BCUT2D eigenvalue weighted by molar-refractivity contribution is 7.90. The van der Waals surface area contributed by atoms with Crippen molar-refractivity contribution in [3.8, 4) is 0 Å². The van der Waals surface area contributed by atoms with Crippen LogP contribution in [0.2, 0.25) is 5.02 Å². The molecule has 0 spiro atoms. The summed E-state index contributed by atoms with van der Waals surface area (Å²) in [7, 11) is -3.58. The average molecular weight is 445 g/mol. The number of carbonyl (C=O) groups is 1. The molecule has 0 radical (unpaired) electrons. The van der Waals surface area contributed by atoms with E-state index in [1.54, 1.807) is 0 Å². The van der Waals surface area contributed by atoms with Crippen molar-refractivity contribution in [3.63, 3.8) is 0 Å². The fourth-order valence-electron chi connectivity index (χ4n) is 3.02. The first-order valence-electron chi connectivity index (χ1n) is 8.37. The number of sulfone groups is 1. The molecular formula is C20H16ClF3O4S. The highest BCUT2D eigenvalue weighted by atomic mass is 35.5. The number of hydrogen-bond donors (Lipinski definition) is 0. The van der Waals surface area contributed by atoms with Crippen molar-refractivity contribution in [2.75, 3.05) is 6.26 Å². The van der Waals surface area contributed by atoms with E-state index in [2.05, 4.69) is 0 Å². The number of carbonyl (C=O) groups excluding carboxylic acids is 1. The number of rotatable bonds is 3. The molecule has 0 aromatic heterocycles. The molecule has 1 aliphatic rings. The summed E-state index contributed by atoms with van der Waals surface area (Å²) < 4.78 is 68.7. The number of alkyl halides is 3. The normalized spacial score (nSPS) is 16.9. The van der Waals surface area contributed by atoms with Crippen LogP contribution in [-0.4, -0.2) is 26.1 Å². The largest absolute Gasteiger partial charge is 0.478 e. The highest BCUT2D eigenvalue weighted by Gasteiger charge is 2.43. The van der Waals surface area contributed by atoms with Crippen LogP contribution in [0.5, 0.6) is 0 Å². The maximum atomic E-state index is 13.1. The number of benzene rings is 2. The number of halogens is 4. The van der Waals surface area contributed by atoms with Crippen molar-refractivity contribution in [1.82, 2.24) is 0 Å². The van der Waals surface area contributed by atoms with Gasteiger partial charge in [-0.25, -0.2) is 8.42 Å². The maximum absolute atomic E-state index is 13.1. The van der Waals surface area contributed by atoms with Crippen LogP contribution in [-0.2, 0) is 25.5 Å². The van der Waals surface area contributed by atoms with Gasteiger partial charge >= 0.3 is 6.18 Å². The molecule has 2 aromatic carbocycles. The predicted octanol–water partition coefficient (Wildman–Crippen LogP) is 5.01. The second-order valence-electron chi connectivity index (χ2n) is 7.14. The Hall–Kier alpha value is -2.32. The quantitative estimate of drug-likeness (QED) is 0.667. The van der Waals surface area contributed by atoms with E-state index in [-0.39, 0.29) is 32.4 Å². The minimum absolute atomic E-state index is 0.0238. The Bertz CT molecular complexity index is 1150. The Kier molecular flexibility index (Phi) is 5.07. The summed E-state index contributed by atoms with van der Waals surface area (Å²) in [6.45, 7) is 3.00. The molecule has 2 aromatic rings. The summed E-state index contributed by atoms with van der Waals surface area (Å²) in [6.07, 6.45) is -3.57. The smallest absolute Gasteiger partial charge is 0.416 e. The van der Waals surface area contributed by atoms with Gasteiger partial charge in [0.15, 0.2) is 15.4 Å². The van der Waals surface area contributed by atoms with Crippen molar-refractivity contribution < 1.29 is 31.1 Å². The molecule has 0 saturated heterocycles.